The van der Waals surface area contributed by atoms with E-state index in [9.17, 15) is 14.4 Å². The van der Waals surface area contributed by atoms with Crippen molar-refractivity contribution in [3.8, 4) is 0 Å². The number of unbranched alkanes of at least 4 members (excludes halogenated alkanes) is 2. The van der Waals surface area contributed by atoms with Gasteiger partial charge in [-0.25, -0.2) is 0 Å². The third-order valence-electron chi connectivity index (χ3n) is 6.88. The standard InChI is InChI=1S/C30H36N4O4/c35-20-23(36)10-2-1-7-16-31-30(38)28(17-22-19-33-27-14-6-4-12-25(22)27)34-29(37)15-8-9-21-18-32-26-13-5-3-11-24(21)26/h3-6,11-14,18-19,28,32-33,35H,1-2,7-10,15-17,20H2,(H,31,38)(H,34,37)/t28-/m0/s1. The maximum atomic E-state index is 13.1. The minimum absolute atomic E-state index is 0.146. The molecule has 2 heterocycles. The molecule has 38 heavy (non-hydrogen) atoms. The molecule has 0 unspecified atom stereocenters. The van der Waals surface area contributed by atoms with Crippen LogP contribution in [0, 0.1) is 0 Å². The highest BCUT2D eigenvalue weighted by atomic mass is 16.3. The number of H-pyrrole nitrogens is 2. The molecule has 4 rings (SSSR count). The molecule has 2 aromatic heterocycles. The van der Waals surface area contributed by atoms with Gasteiger partial charge in [0, 0.05) is 60.0 Å². The molecule has 5 N–H and O–H groups in total. The highest BCUT2D eigenvalue weighted by Gasteiger charge is 2.22. The number of aromatic nitrogens is 2. The van der Waals surface area contributed by atoms with E-state index >= 15 is 0 Å². The zero-order valence-electron chi connectivity index (χ0n) is 21.6. The number of amides is 2. The van der Waals surface area contributed by atoms with Crippen LogP contribution in [0.2, 0.25) is 0 Å². The molecule has 8 heteroatoms. The topological polar surface area (TPSA) is 127 Å². The van der Waals surface area contributed by atoms with E-state index in [1.807, 2.05) is 54.9 Å². The van der Waals surface area contributed by atoms with E-state index < -0.39 is 12.6 Å². The summed E-state index contributed by atoms with van der Waals surface area (Å²) in [6.45, 7) is 0.0424. The van der Waals surface area contributed by atoms with Gasteiger partial charge in [0.2, 0.25) is 11.8 Å². The maximum Gasteiger partial charge on any atom is 0.242 e. The third kappa shape index (κ3) is 7.32. The molecule has 0 spiro atoms. The number of benzene rings is 2. The molecule has 0 saturated carbocycles. The van der Waals surface area contributed by atoms with Crippen LogP contribution in [0.5, 0.6) is 0 Å². The van der Waals surface area contributed by atoms with Crippen LogP contribution < -0.4 is 10.6 Å². The lowest BCUT2D eigenvalue weighted by atomic mass is 10.0. The predicted molar refractivity (Wildman–Crippen MR) is 149 cm³/mol. The Morgan fingerprint density at radius 2 is 1.45 bits per heavy atom. The fourth-order valence-corrected chi connectivity index (χ4v) is 4.81. The van der Waals surface area contributed by atoms with E-state index in [1.165, 1.54) is 10.9 Å². The van der Waals surface area contributed by atoms with Crippen molar-refractivity contribution in [2.75, 3.05) is 13.2 Å². The average molecular weight is 517 g/mol. The summed E-state index contributed by atoms with van der Waals surface area (Å²) in [7, 11) is 0. The highest BCUT2D eigenvalue weighted by Crippen LogP contribution is 2.21. The summed E-state index contributed by atoms with van der Waals surface area (Å²) in [5.74, 6) is -0.528. The van der Waals surface area contributed by atoms with Gasteiger partial charge in [-0.2, -0.15) is 0 Å². The molecule has 2 amide bonds. The quantitative estimate of drug-likeness (QED) is 0.153. The molecule has 0 aliphatic rings. The number of aryl methyl sites for hydroxylation is 1. The first-order valence-electron chi connectivity index (χ1n) is 13.3. The molecular formula is C30H36N4O4. The Hall–Kier alpha value is -3.91. The number of hydrogen-bond acceptors (Lipinski definition) is 4. The first kappa shape index (κ1) is 27.1. The van der Waals surface area contributed by atoms with E-state index in [2.05, 4.69) is 26.7 Å². The normalized spacial score (nSPS) is 12.0. The molecule has 8 nitrogen and oxygen atoms in total. The van der Waals surface area contributed by atoms with E-state index in [0.717, 1.165) is 41.2 Å². The van der Waals surface area contributed by atoms with Crippen molar-refractivity contribution in [3.63, 3.8) is 0 Å². The number of carbonyl (C=O) groups excluding carboxylic acids is 3. The van der Waals surface area contributed by atoms with Crippen molar-refractivity contribution < 1.29 is 19.5 Å². The summed E-state index contributed by atoms with van der Waals surface area (Å²) in [5.41, 5.74) is 4.23. The Balaban J connectivity index is 1.32. The van der Waals surface area contributed by atoms with Gasteiger partial charge in [-0.3, -0.25) is 14.4 Å². The van der Waals surface area contributed by atoms with E-state index in [-0.39, 0.29) is 17.6 Å². The van der Waals surface area contributed by atoms with Gasteiger partial charge in [0.1, 0.15) is 12.6 Å². The molecule has 0 bridgehead atoms. The fourth-order valence-electron chi connectivity index (χ4n) is 4.81. The van der Waals surface area contributed by atoms with Gasteiger partial charge in [0.15, 0.2) is 5.78 Å². The van der Waals surface area contributed by atoms with Crippen LogP contribution in [0.1, 0.15) is 49.7 Å². The van der Waals surface area contributed by atoms with Crippen molar-refractivity contribution in [1.29, 1.82) is 0 Å². The van der Waals surface area contributed by atoms with E-state index in [1.54, 1.807) is 0 Å². The Morgan fingerprint density at radius 1 is 0.789 bits per heavy atom. The summed E-state index contributed by atoms with van der Waals surface area (Å²) in [6.07, 6.45) is 8.59. The number of hydrogen-bond donors (Lipinski definition) is 5. The summed E-state index contributed by atoms with van der Waals surface area (Å²) in [5, 5.41) is 16.9. The lowest BCUT2D eigenvalue weighted by Gasteiger charge is -2.18. The Bertz CT molecular complexity index is 1370. The zero-order chi connectivity index (χ0) is 26.7. The minimum atomic E-state index is -0.689. The Morgan fingerprint density at radius 3 is 2.16 bits per heavy atom. The number of ketones is 1. The van der Waals surface area contributed by atoms with Gasteiger partial charge in [-0.1, -0.05) is 42.8 Å². The van der Waals surface area contributed by atoms with Gasteiger partial charge in [-0.05, 0) is 48.9 Å². The second kappa shape index (κ2) is 13.6. The molecule has 2 aromatic carbocycles. The molecule has 0 saturated heterocycles. The number of carbonyl (C=O) groups is 3. The lowest BCUT2D eigenvalue weighted by Crippen LogP contribution is -2.48. The van der Waals surface area contributed by atoms with Crippen molar-refractivity contribution in [2.45, 2.75) is 57.4 Å². The molecule has 0 radical (unpaired) electrons. The molecular weight excluding hydrogens is 480 g/mol. The van der Waals surface area contributed by atoms with Crippen molar-refractivity contribution in [2.24, 2.45) is 0 Å². The SMILES string of the molecule is O=C(CO)CCCCCNC(=O)[C@H](Cc1c[nH]c2ccccc12)NC(=O)CCCc1c[nH]c2ccccc12. The van der Waals surface area contributed by atoms with Crippen molar-refractivity contribution in [1.82, 2.24) is 20.6 Å². The minimum Gasteiger partial charge on any atom is -0.389 e. The van der Waals surface area contributed by atoms with Crippen LogP contribution in [-0.2, 0) is 27.2 Å². The van der Waals surface area contributed by atoms with E-state index in [4.69, 9.17) is 5.11 Å². The predicted octanol–water partition coefficient (Wildman–Crippen LogP) is 3.94. The number of aliphatic hydroxyl groups excluding tert-OH is 1. The van der Waals surface area contributed by atoms with Crippen LogP contribution in [0.4, 0.5) is 0 Å². The molecule has 4 aromatic rings. The summed E-state index contributed by atoms with van der Waals surface area (Å²) >= 11 is 0. The smallest absolute Gasteiger partial charge is 0.242 e. The number of fused-ring (bicyclic) bond motifs is 2. The highest BCUT2D eigenvalue weighted by molar-refractivity contribution is 5.89. The third-order valence-corrected chi connectivity index (χ3v) is 6.88. The molecule has 1 atom stereocenters. The van der Waals surface area contributed by atoms with Gasteiger partial charge in [0.25, 0.3) is 0 Å². The number of Topliss-reactive ketones (excluding diaryl/α,β-unsaturated/α-hetero) is 1. The van der Waals surface area contributed by atoms with Crippen LogP contribution in [-0.4, -0.2) is 51.9 Å². The summed E-state index contributed by atoms with van der Waals surface area (Å²) in [4.78, 5) is 43.7. The van der Waals surface area contributed by atoms with Crippen LogP contribution in [0.25, 0.3) is 21.8 Å². The monoisotopic (exact) mass is 516 g/mol. The van der Waals surface area contributed by atoms with Crippen molar-refractivity contribution >= 4 is 39.4 Å². The summed E-state index contributed by atoms with van der Waals surface area (Å²) in [6, 6.07) is 15.3. The van der Waals surface area contributed by atoms with Crippen LogP contribution in [0.15, 0.2) is 60.9 Å². The average Bonchev–Trinajstić information content (AvgIpc) is 3.54. The van der Waals surface area contributed by atoms with Crippen molar-refractivity contribution in [3.05, 3.63) is 72.1 Å². The Labute approximate surface area is 222 Å². The lowest BCUT2D eigenvalue weighted by molar-refractivity contribution is -0.129. The van der Waals surface area contributed by atoms with Gasteiger partial charge in [0.05, 0.1) is 0 Å². The van der Waals surface area contributed by atoms with Crippen LogP contribution >= 0.6 is 0 Å². The van der Waals surface area contributed by atoms with Crippen LogP contribution in [0.3, 0.4) is 0 Å². The van der Waals surface area contributed by atoms with Gasteiger partial charge in [-0.15, -0.1) is 0 Å². The van der Waals surface area contributed by atoms with Gasteiger partial charge < -0.3 is 25.7 Å². The van der Waals surface area contributed by atoms with Gasteiger partial charge >= 0.3 is 0 Å². The first-order chi connectivity index (χ1) is 18.5. The number of rotatable bonds is 15. The molecule has 0 aliphatic heterocycles. The zero-order valence-corrected chi connectivity index (χ0v) is 21.6. The maximum absolute atomic E-state index is 13.1. The molecule has 0 fully saturated rings. The number of nitrogens with one attached hydrogen (secondary N) is 4. The summed E-state index contributed by atoms with van der Waals surface area (Å²) < 4.78 is 0. The number of aromatic amines is 2. The number of aliphatic hydroxyl groups is 1. The molecule has 200 valence electrons. The fraction of sp³-hybridized carbons (Fsp3) is 0.367. The Kier molecular flexibility index (Phi) is 9.70. The molecule has 0 aliphatic carbocycles. The second-order valence-corrected chi connectivity index (χ2v) is 9.70. The largest absolute Gasteiger partial charge is 0.389 e. The number of para-hydroxylation sites is 2. The first-order valence-corrected chi connectivity index (χ1v) is 13.3. The second-order valence-electron chi connectivity index (χ2n) is 9.70. The van der Waals surface area contributed by atoms with E-state index in [0.29, 0.717) is 38.6 Å².